The van der Waals surface area contributed by atoms with E-state index in [9.17, 15) is 5.11 Å². The highest BCUT2D eigenvalue weighted by molar-refractivity contribution is 5.51. The van der Waals surface area contributed by atoms with Crippen LogP contribution in [-0.4, -0.2) is 5.11 Å². The molecular weight excluding hydrogens is 196 g/mol. The van der Waals surface area contributed by atoms with Crippen LogP contribution in [0.1, 0.15) is 60.9 Å². The molecule has 0 saturated carbocycles. The lowest BCUT2D eigenvalue weighted by Crippen LogP contribution is -2.18. The van der Waals surface area contributed by atoms with Crippen molar-refractivity contribution in [2.75, 3.05) is 0 Å². The first-order valence-corrected chi connectivity index (χ1v) is 5.59. The van der Waals surface area contributed by atoms with Crippen molar-refractivity contribution >= 4 is 0 Å². The lowest BCUT2D eigenvalue weighted by molar-refractivity contribution is 0.422. The second kappa shape index (κ2) is 3.80. The molecule has 90 valence electrons. The standard InChI is InChI=1S/C15H24O/c1-10-8-9-11(14(2,3)4)13(16)12(10)15(5,6)7/h8-9,16H,1-7H3/i2D,5D. The molecule has 0 bridgehead atoms. The zero-order valence-corrected chi connectivity index (χ0v) is 11.0. The van der Waals surface area contributed by atoms with Crippen LogP contribution in [0.3, 0.4) is 0 Å². The quantitative estimate of drug-likeness (QED) is 0.694. The fourth-order valence-corrected chi connectivity index (χ4v) is 2.09. The second-order valence-electron chi connectivity index (χ2n) is 5.92. The summed E-state index contributed by atoms with van der Waals surface area (Å²) in [6.45, 7) is 10.3. The summed E-state index contributed by atoms with van der Waals surface area (Å²) in [7, 11) is 0. The maximum absolute atomic E-state index is 10.5. The number of benzene rings is 1. The zero-order valence-electron chi connectivity index (χ0n) is 13.0. The van der Waals surface area contributed by atoms with E-state index < -0.39 is 0 Å². The van der Waals surface area contributed by atoms with E-state index in [1.165, 1.54) is 0 Å². The van der Waals surface area contributed by atoms with E-state index in [1.54, 1.807) is 0 Å². The van der Waals surface area contributed by atoms with Gasteiger partial charge in [-0.15, -0.1) is 0 Å². The van der Waals surface area contributed by atoms with Gasteiger partial charge < -0.3 is 5.11 Å². The minimum absolute atomic E-state index is 0.227. The lowest BCUT2D eigenvalue weighted by Gasteiger charge is -2.28. The topological polar surface area (TPSA) is 20.2 Å². The van der Waals surface area contributed by atoms with E-state index in [2.05, 4.69) is 0 Å². The van der Waals surface area contributed by atoms with Crippen molar-refractivity contribution in [1.82, 2.24) is 0 Å². The normalized spacial score (nSPS) is 14.6. The Balaban J connectivity index is 3.51. The molecule has 0 unspecified atom stereocenters. The van der Waals surface area contributed by atoms with E-state index in [4.69, 9.17) is 2.74 Å². The van der Waals surface area contributed by atoms with Gasteiger partial charge in [0.2, 0.25) is 0 Å². The Morgan fingerprint density at radius 1 is 1.06 bits per heavy atom. The van der Waals surface area contributed by atoms with Crippen LogP contribution >= 0.6 is 0 Å². The molecule has 0 heterocycles. The fourth-order valence-electron chi connectivity index (χ4n) is 2.09. The Labute approximate surface area is 102 Å². The molecule has 0 aliphatic heterocycles. The Hall–Kier alpha value is -0.980. The van der Waals surface area contributed by atoms with Crippen LogP contribution in [0.4, 0.5) is 0 Å². The predicted octanol–water partition coefficient (Wildman–Crippen LogP) is 4.30. The predicted molar refractivity (Wildman–Crippen MR) is 70.2 cm³/mol. The third-order valence-corrected chi connectivity index (χ3v) is 2.79. The molecule has 1 heteroatoms. The minimum Gasteiger partial charge on any atom is -0.507 e. The van der Waals surface area contributed by atoms with Gasteiger partial charge in [0.1, 0.15) is 5.75 Å². The van der Waals surface area contributed by atoms with E-state index in [1.807, 2.05) is 46.8 Å². The Bertz CT molecular complexity index is 436. The first kappa shape index (κ1) is 10.2. The second-order valence-corrected chi connectivity index (χ2v) is 5.92. The van der Waals surface area contributed by atoms with Crippen LogP contribution in [0.5, 0.6) is 5.75 Å². The molecule has 1 aromatic rings. The van der Waals surface area contributed by atoms with Crippen LogP contribution in [0.2, 0.25) is 0 Å². The molecule has 1 N–H and O–H groups in total. The first-order chi connectivity index (χ1) is 8.17. The first-order valence-electron chi connectivity index (χ1n) is 7.01. The molecule has 0 fully saturated rings. The molecule has 0 radical (unpaired) electrons. The van der Waals surface area contributed by atoms with Gasteiger partial charge in [0, 0.05) is 8.30 Å². The molecule has 0 aromatic heterocycles. The van der Waals surface area contributed by atoms with Gasteiger partial charge in [-0.05, 0) is 28.9 Å². The van der Waals surface area contributed by atoms with Crippen molar-refractivity contribution in [1.29, 1.82) is 0 Å². The summed E-state index contributed by atoms with van der Waals surface area (Å²) in [5, 5.41) is 10.5. The average Bonchev–Trinajstić information content (AvgIpc) is 2.28. The molecule has 1 rings (SSSR count). The zero-order chi connectivity index (χ0) is 14.1. The van der Waals surface area contributed by atoms with Crippen molar-refractivity contribution in [2.24, 2.45) is 0 Å². The van der Waals surface area contributed by atoms with Gasteiger partial charge in [-0.3, -0.25) is 0 Å². The van der Waals surface area contributed by atoms with Gasteiger partial charge in [0.15, 0.2) is 0 Å². The van der Waals surface area contributed by atoms with Crippen LogP contribution in [0, 0.1) is 6.92 Å². The van der Waals surface area contributed by atoms with E-state index >= 15 is 0 Å². The van der Waals surface area contributed by atoms with Crippen LogP contribution in [0.15, 0.2) is 12.1 Å². The highest BCUT2D eigenvalue weighted by atomic mass is 16.3. The molecule has 0 saturated heterocycles. The third kappa shape index (κ3) is 2.40. The summed E-state index contributed by atoms with van der Waals surface area (Å²) in [6.07, 6.45) is 0. The largest absolute Gasteiger partial charge is 0.507 e. The molecule has 0 amide bonds. The lowest BCUT2D eigenvalue weighted by atomic mass is 9.77. The van der Waals surface area contributed by atoms with Gasteiger partial charge in [-0.2, -0.15) is 0 Å². The highest BCUT2D eigenvalue weighted by Gasteiger charge is 2.26. The van der Waals surface area contributed by atoms with Crippen LogP contribution in [-0.2, 0) is 10.8 Å². The number of aromatic hydroxyl groups is 1. The van der Waals surface area contributed by atoms with Gasteiger partial charge in [0.05, 0.1) is 0 Å². The van der Waals surface area contributed by atoms with Crippen LogP contribution in [0.25, 0.3) is 0 Å². The monoisotopic (exact) mass is 222 g/mol. The Kier molecular flexibility index (Phi) is 2.42. The van der Waals surface area contributed by atoms with E-state index in [0.29, 0.717) is 0 Å². The molecule has 0 aliphatic rings. The number of phenols is 1. The maximum atomic E-state index is 10.5. The Morgan fingerprint density at radius 2 is 1.62 bits per heavy atom. The molecule has 0 aliphatic carbocycles. The van der Waals surface area contributed by atoms with Crippen LogP contribution < -0.4 is 0 Å². The van der Waals surface area contributed by atoms with Crippen molar-refractivity contribution in [3.05, 3.63) is 28.8 Å². The van der Waals surface area contributed by atoms with Crippen molar-refractivity contribution in [3.63, 3.8) is 0 Å². The number of hydrogen-bond donors (Lipinski definition) is 1. The summed E-state index contributed by atoms with van der Waals surface area (Å²) in [5.74, 6) is 0.268. The fraction of sp³-hybridized carbons (Fsp3) is 0.600. The number of hydrogen-bond acceptors (Lipinski definition) is 1. The average molecular weight is 222 g/mol. The summed E-state index contributed by atoms with van der Waals surface area (Å²) in [5.41, 5.74) is 1.91. The third-order valence-electron chi connectivity index (χ3n) is 2.79. The van der Waals surface area contributed by atoms with Crippen molar-refractivity contribution in [3.8, 4) is 5.75 Å². The molecule has 1 nitrogen and oxygen atoms in total. The molecule has 0 spiro atoms. The SMILES string of the molecule is [2H]CC(C)(C)c1ccc(C)c(C(C)(C)C[2H])c1O. The van der Waals surface area contributed by atoms with E-state index in [0.717, 1.165) is 16.7 Å². The number of rotatable bonds is 0. The molecular formula is C15H24O. The van der Waals surface area contributed by atoms with E-state index in [-0.39, 0.29) is 30.4 Å². The smallest absolute Gasteiger partial charge is 0.123 e. The highest BCUT2D eigenvalue weighted by Crippen LogP contribution is 2.40. The minimum atomic E-state index is -0.373. The van der Waals surface area contributed by atoms with Gasteiger partial charge in [-0.25, -0.2) is 0 Å². The molecule has 1 aromatic carbocycles. The van der Waals surface area contributed by atoms with Gasteiger partial charge >= 0.3 is 0 Å². The number of aryl methyl sites for hydroxylation is 1. The van der Waals surface area contributed by atoms with Crippen molar-refractivity contribution in [2.45, 2.75) is 59.2 Å². The maximum Gasteiger partial charge on any atom is 0.123 e. The van der Waals surface area contributed by atoms with Crippen molar-refractivity contribution < 1.29 is 7.85 Å². The van der Waals surface area contributed by atoms with Gasteiger partial charge in [-0.1, -0.05) is 53.6 Å². The summed E-state index contributed by atoms with van der Waals surface area (Å²) < 4.78 is 15.3. The number of phenolic OH excluding ortho intramolecular Hbond substituents is 1. The Morgan fingerprint density at radius 3 is 2.12 bits per heavy atom. The summed E-state index contributed by atoms with van der Waals surface area (Å²) in [6, 6.07) is 3.89. The molecule has 16 heavy (non-hydrogen) atoms. The van der Waals surface area contributed by atoms with Gasteiger partial charge in [0.25, 0.3) is 0 Å². The molecule has 0 atom stereocenters. The summed E-state index contributed by atoms with van der Waals surface area (Å²) >= 11 is 0. The summed E-state index contributed by atoms with van der Waals surface area (Å²) in [4.78, 5) is 0.